The highest BCUT2D eigenvalue weighted by molar-refractivity contribution is 5.73. The molecule has 0 N–H and O–H groups in total. The molecule has 0 spiro atoms. The number of nitriles is 1. The van der Waals surface area contributed by atoms with Crippen LogP contribution in [0.1, 0.15) is 16.8 Å². The highest BCUT2D eigenvalue weighted by atomic mass is 19.4. The van der Waals surface area contributed by atoms with Crippen LogP contribution in [0.5, 0.6) is 0 Å². The van der Waals surface area contributed by atoms with Gasteiger partial charge in [-0.25, -0.2) is 0 Å². The van der Waals surface area contributed by atoms with Crippen molar-refractivity contribution in [2.24, 2.45) is 0 Å². The molecule has 7 heteroatoms. The second kappa shape index (κ2) is 4.82. The van der Waals surface area contributed by atoms with Gasteiger partial charge in [-0.15, -0.1) is 0 Å². The number of carbonyl (C=O) groups excluding carboxylic acids is 1. The Labute approximate surface area is 94.6 Å². The number of methoxy groups -OCH3 is 1. The Hall–Kier alpha value is -2.10. The third-order valence-corrected chi connectivity index (χ3v) is 1.93. The molecule has 0 fully saturated rings. The molecule has 0 atom stereocenters. The van der Waals surface area contributed by atoms with E-state index in [1.807, 2.05) is 0 Å². The van der Waals surface area contributed by atoms with Gasteiger partial charge in [0.15, 0.2) is 0 Å². The molecule has 0 radical (unpaired) electrons. The average Bonchev–Trinajstić information content (AvgIpc) is 2.27. The summed E-state index contributed by atoms with van der Waals surface area (Å²) in [4.78, 5) is 14.1. The van der Waals surface area contributed by atoms with Crippen LogP contribution in [0.25, 0.3) is 0 Å². The zero-order valence-electron chi connectivity index (χ0n) is 8.71. The number of carbonyl (C=O) groups is 1. The molecule has 1 aromatic heterocycles. The molecule has 1 aromatic rings. The lowest BCUT2D eigenvalue weighted by atomic mass is 10.1. The molecule has 4 nitrogen and oxygen atoms in total. The number of hydrogen-bond donors (Lipinski definition) is 0. The number of aromatic nitrogens is 1. The van der Waals surface area contributed by atoms with E-state index >= 15 is 0 Å². The molecule has 1 heterocycles. The number of pyridine rings is 1. The van der Waals surface area contributed by atoms with Crippen LogP contribution in [-0.4, -0.2) is 18.1 Å². The second-order valence-electron chi connectivity index (χ2n) is 3.09. The molecule has 0 unspecified atom stereocenters. The number of halogens is 3. The molecule has 1 rings (SSSR count). The molecular weight excluding hydrogens is 237 g/mol. The van der Waals surface area contributed by atoms with Gasteiger partial charge in [0, 0.05) is 6.20 Å². The molecule has 0 bridgehead atoms. The molecular formula is C10H7F3N2O2. The van der Waals surface area contributed by atoms with Gasteiger partial charge in [-0.1, -0.05) is 0 Å². The third kappa shape index (κ3) is 3.17. The lowest BCUT2D eigenvalue weighted by Crippen LogP contribution is -2.15. The van der Waals surface area contributed by atoms with Crippen LogP contribution in [-0.2, 0) is 22.1 Å². The lowest BCUT2D eigenvalue weighted by molar-refractivity contribution is -0.143. The maximum absolute atomic E-state index is 12.5. The molecule has 17 heavy (non-hydrogen) atoms. The van der Waals surface area contributed by atoms with E-state index in [-0.39, 0.29) is 11.1 Å². The van der Waals surface area contributed by atoms with Gasteiger partial charge in [-0.2, -0.15) is 18.4 Å². The van der Waals surface area contributed by atoms with Gasteiger partial charge in [0.1, 0.15) is 11.8 Å². The van der Waals surface area contributed by atoms with E-state index in [1.165, 1.54) is 0 Å². The summed E-state index contributed by atoms with van der Waals surface area (Å²) in [5.74, 6) is -0.826. The van der Waals surface area contributed by atoms with Crippen LogP contribution in [0.2, 0.25) is 0 Å². The Morgan fingerprint density at radius 3 is 2.71 bits per heavy atom. The predicted octanol–water partition coefficient (Wildman–Crippen LogP) is 1.69. The van der Waals surface area contributed by atoms with E-state index in [1.54, 1.807) is 6.07 Å². The van der Waals surface area contributed by atoms with Crippen LogP contribution < -0.4 is 0 Å². The van der Waals surface area contributed by atoms with Crippen LogP contribution in [0.4, 0.5) is 13.2 Å². The normalized spacial score (nSPS) is 10.8. The number of rotatable bonds is 2. The van der Waals surface area contributed by atoms with E-state index in [9.17, 15) is 18.0 Å². The first-order valence-corrected chi connectivity index (χ1v) is 4.41. The SMILES string of the molecule is COC(=O)Cc1cc(C#N)cnc1C(F)(F)F. The highest BCUT2D eigenvalue weighted by Gasteiger charge is 2.35. The molecule has 0 aliphatic rings. The van der Waals surface area contributed by atoms with E-state index in [4.69, 9.17) is 5.26 Å². The fraction of sp³-hybridized carbons (Fsp3) is 0.300. The van der Waals surface area contributed by atoms with Gasteiger partial charge >= 0.3 is 12.1 Å². The standard InChI is InChI=1S/C10H7F3N2O2/c1-17-8(16)3-7-2-6(4-14)5-15-9(7)10(11,12)13/h2,5H,3H2,1H3. The smallest absolute Gasteiger partial charge is 0.433 e. The molecule has 0 aliphatic heterocycles. The minimum Gasteiger partial charge on any atom is -0.469 e. The molecule has 0 saturated heterocycles. The summed E-state index contributed by atoms with van der Waals surface area (Å²) in [6, 6.07) is 2.63. The van der Waals surface area contributed by atoms with Gasteiger partial charge in [-0.05, 0) is 11.6 Å². The predicted molar refractivity (Wildman–Crippen MR) is 49.7 cm³/mol. The van der Waals surface area contributed by atoms with Crippen LogP contribution in [0, 0.1) is 11.3 Å². The van der Waals surface area contributed by atoms with Gasteiger partial charge in [0.25, 0.3) is 0 Å². The van der Waals surface area contributed by atoms with E-state index in [2.05, 4.69) is 9.72 Å². The van der Waals surface area contributed by atoms with Crippen molar-refractivity contribution in [1.82, 2.24) is 4.98 Å². The van der Waals surface area contributed by atoms with E-state index in [0.29, 0.717) is 0 Å². The third-order valence-electron chi connectivity index (χ3n) is 1.93. The maximum Gasteiger partial charge on any atom is 0.433 e. The van der Waals surface area contributed by atoms with Crippen LogP contribution in [0.15, 0.2) is 12.3 Å². The van der Waals surface area contributed by atoms with Crippen molar-refractivity contribution in [3.05, 3.63) is 29.1 Å². The monoisotopic (exact) mass is 244 g/mol. The number of alkyl halides is 3. The van der Waals surface area contributed by atoms with Crippen molar-refractivity contribution in [2.75, 3.05) is 7.11 Å². The van der Waals surface area contributed by atoms with Crippen LogP contribution >= 0.6 is 0 Å². The van der Waals surface area contributed by atoms with Gasteiger partial charge < -0.3 is 4.74 Å². The van der Waals surface area contributed by atoms with Crippen molar-refractivity contribution < 1.29 is 22.7 Å². The highest BCUT2D eigenvalue weighted by Crippen LogP contribution is 2.30. The quantitative estimate of drug-likeness (QED) is 0.742. The Balaban J connectivity index is 3.22. The lowest BCUT2D eigenvalue weighted by Gasteiger charge is -2.10. The summed E-state index contributed by atoms with van der Waals surface area (Å²) in [7, 11) is 1.07. The number of ether oxygens (including phenoxy) is 1. The second-order valence-corrected chi connectivity index (χ2v) is 3.09. The fourth-order valence-electron chi connectivity index (χ4n) is 1.19. The van der Waals surface area contributed by atoms with Crippen molar-refractivity contribution in [3.63, 3.8) is 0 Å². The zero-order chi connectivity index (χ0) is 13.1. The Kier molecular flexibility index (Phi) is 3.68. The van der Waals surface area contributed by atoms with Crippen molar-refractivity contribution >= 4 is 5.97 Å². The Morgan fingerprint density at radius 2 is 2.24 bits per heavy atom. The summed E-state index contributed by atoms with van der Waals surface area (Å²) in [6.07, 6.45) is -4.44. The maximum atomic E-state index is 12.5. The van der Waals surface area contributed by atoms with Gasteiger partial charge in [0.2, 0.25) is 0 Å². The van der Waals surface area contributed by atoms with Gasteiger partial charge in [0.05, 0.1) is 19.1 Å². The Morgan fingerprint density at radius 1 is 1.59 bits per heavy atom. The summed E-state index contributed by atoms with van der Waals surface area (Å²) >= 11 is 0. The number of hydrogen-bond acceptors (Lipinski definition) is 4. The van der Waals surface area contributed by atoms with Crippen molar-refractivity contribution in [2.45, 2.75) is 12.6 Å². The molecule has 90 valence electrons. The number of esters is 1. The van der Waals surface area contributed by atoms with Gasteiger partial charge in [-0.3, -0.25) is 9.78 Å². The first-order valence-electron chi connectivity index (χ1n) is 4.41. The van der Waals surface area contributed by atoms with Crippen LogP contribution in [0.3, 0.4) is 0 Å². The van der Waals surface area contributed by atoms with E-state index in [0.717, 1.165) is 19.4 Å². The summed E-state index contributed by atoms with van der Waals surface area (Å²) < 4.78 is 41.9. The average molecular weight is 244 g/mol. The summed E-state index contributed by atoms with van der Waals surface area (Å²) in [5, 5.41) is 8.56. The van der Waals surface area contributed by atoms with Crippen molar-refractivity contribution in [3.8, 4) is 6.07 Å². The Bertz CT molecular complexity index is 477. The molecule has 0 amide bonds. The minimum atomic E-state index is -4.67. The van der Waals surface area contributed by atoms with E-state index < -0.39 is 24.3 Å². The minimum absolute atomic E-state index is 0.0445. The molecule has 0 aliphatic carbocycles. The largest absolute Gasteiger partial charge is 0.469 e. The van der Waals surface area contributed by atoms with Crippen molar-refractivity contribution in [1.29, 1.82) is 5.26 Å². The first-order chi connectivity index (χ1) is 7.88. The molecule has 0 saturated carbocycles. The molecule has 0 aromatic carbocycles. The zero-order valence-corrected chi connectivity index (χ0v) is 8.71. The topological polar surface area (TPSA) is 63.0 Å². The summed E-state index contributed by atoms with van der Waals surface area (Å²) in [6.45, 7) is 0. The summed E-state index contributed by atoms with van der Waals surface area (Å²) in [5.41, 5.74) is -1.60. The number of nitrogens with zero attached hydrogens (tertiary/aromatic N) is 2. The first kappa shape index (κ1) is 13.0. The fourth-order valence-corrected chi connectivity index (χ4v) is 1.19.